The van der Waals surface area contributed by atoms with Gasteiger partial charge >= 0.3 is 5.97 Å². The van der Waals surface area contributed by atoms with Crippen molar-refractivity contribution in [2.24, 2.45) is 23.5 Å². The molecular weight excluding hydrogens is 605 g/mol. The van der Waals surface area contributed by atoms with Gasteiger partial charge in [0.25, 0.3) is 0 Å². The van der Waals surface area contributed by atoms with Crippen molar-refractivity contribution in [2.45, 2.75) is 45.3 Å². The lowest BCUT2D eigenvalue weighted by Crippen LogP contribution is -2.52. The number of pyridine rings is 2. The van der Waals surface area contributed by atoms with Crippen molar-refractivity contribution in [1.29, 1.82) is 0 Å². The number of aromatic carboxylic acids is 1. The summed E-state index contributed by atoms with van der Waals surface area (Å²) in [5.74, 6) is -5.22. The molecule has 236 valence electrons. The molecule has 15 heteroatoms. The number of piperidine rings is 1. The number of fused-ring (bicyclic) bond motifs is 2. The number of hydrogen-bond donors (Lipinski definition) is 4. The normalized spacial score (nSPS) is 20.1. The summed E-state index contributed by atoms with van der Waals surface area (Å²) < 4.78 is 44.7. The van der Waals surface area contributed by atoms with Gasteiger partial charge in [-0.2, -0.15) is 0 Å². The van der Waals surface area contributed by atoms with Gasteiger partial charge in [0.2, 0.25) is 17.2 Å². The number of carbonyl (C=O) groups is 3. The van der Waals surface area contributed by atoms with Crippen molar-refractivity contribution >= 4 is 47.0 Å². The molecule has 0 spiro atoms. The molecule has 11 nitrogen and oxygen atoms in total. The van der Waals surface area contributed by atoms with Gasteiger partial charge in [-0.25, -0.2) is 22.9 Å². The topological polar surface area (TPSA) is 160 Å². The number of carboxylic acids is 1. The van der Waals surface area contributed by atoms with Gasteiger partial charge in [-0.05, 0) is 37.5 Å². The molecule has 3 aromatic rings. The molecule has 1 unspecified atom stereocenters. The first-order valence-electron chi connectivity index (χ1n) is 13.8. The van der Waals surface area contributed by atoms with Crippen molar-refractivity contribution in [2.75, 3.05) is 18.0 Å². The SMILES string of the molecule is CC(C)C[C@H](NC(=O)[C@H](C)N)C(=O)NC1[C@H]2CN(c3nc4c(cc3F)c(=O)c(C(=O)O)cn4-c3ccc(F)cc3F)C[C@@H]12.Cl. The van der Waals surface area contributed by atoms with Crippen molar-refractivity contribution in [3.05, 3.63) is 63.7 Å². The molecule has 5 atom stereocenters. The summed E-state index contributed by atoms with van der Waals surface area (Å²) in [6.07, 6.45) is 1.30. The van der Waals surface area contributed by atoms with E-state index in [9.17, 15) is 33.1 Å². The van der Waals surface area contributed by atoms with Gasteiger partial charge < -0.3 is 26.4 Å². The van der Waals surface area contributed by atoms with E-state index in [0.717, 1.165) is 29.0 Å². The van der Waals surface area contributed by atoms with Crippen LogP contribution >= 0.6 is 12.4 Å². The van der Waals surface area contributed by atoms with E-state index < -0.39 is 52.4 Å². The molecule has 1 saturated carbocycles. The lowest BCUT2D eigenvalue weighted by molar-refractivity contribution is -0.130. The summed E-state index contributed by atoms with van der Waals surface area (Å²) in [4.78, 5) is 55.7. The summed E-state index contributed by atoms with van der Waals surface area (Å²) in [5, 5.41) is 14.8. The number of anilines is 1. The number of nitrogens with one attached hydrogen (secondary N) is 2. The summed E-state index contributed by atoms with van der Waals surface area (Å²) >= 11 is 0. The monoisotopic (exact) mass is 636 g/mol. The summed E-state index contributed by atoms with van der Waals surface area (Å²) in [6.45, 7) is 6.02. The number of benzene rings is 1. The molecule has 1 aliphatic heterocycles. The molecule has 1 saturated heterocycles. The van der Waals surface area contributed by atoms with Crippen LogP contribution in [0.25, 0.3) is 16.7 Å². The number of nitrogens with zero attached hydrogens (tertiary/aromatic N) is 3. The lowest BCUT2D eigenvalue weighted by Gasteiger charge is -2.24. The number of amides is 2. The lowest BCUT2D eigenvalue weighted by atomic mass is 10.0. The first kappa shape index (κ1) is 32.7. The third-order valence-electron chi connectivity index (χ3n) is 7.87. The van der Waals surface area contributed by atoms with Crippen LogP contribution < -0.4 is 26.7 Å². The molecule has 5 N–H and O–H groups in total. The van der Waals surface area contributed by atoms with Gasteiger partial charge in [0.1, 0.15) is 23.2 Å². The van der Waals surface area contributed by atoms with Gasteiger partial charge in [0, 0.05) is 43.2 Å². The van der Waals surface area contributed by atoms with E-state index in [1.54, 1.807) is 4.90 Å². The maximum Gasteiger partial charge on any atom is 0.341 e. The van der Waals surface area contributed by atoms with Crippen LogP contribution in [-0.2, 0) is 9.59 Å². The van der Waals surface area contributed by atoms with E-state index in [1.165, 1.54) is 6.92 Å². The second-order valence-corrected chi connectivity index (χ2v) is 11.6. The molecule has 0 bridgehead atoms. The number of halogens is 4. The first-order valence-corrected chi connectivity index (χ1v) is 13.8. The molecular formula is C29H32ClF3N6O5. The van der Waals surface area contributed by atoms with Gasteiger partial charge in [-0.15, -0.1) is 12.4 Å². The largest absolute Gasteiger partial charge is 0.477 e. The van der Waals surface area contributed by atoms with Crippen molar-refractivity contribution in [1.82, 2.24) is 20.2 Å². The average Bonchev–Trinajstić information content (AvgIpc) is 3.34. The Bertz CT molecular complexity index is 1690. The molecule has 2 aliphatic rings. The smallest absolute Gasteiger partial charge is 0.341 e. The van der Waals surface area contributed by atoms with E-state index in [0.29, 0.717) is 25.6 Å². The van der Waals surface area contributed by atoms with E-state index in [4.69, 9.17) is 5.73 Å². The quantitative estimate of drug-likeness (QED) is 0.279. The number of rotatable bonds is 9. The van der Waals surface area contributed by atoms with E-state index >= 15 is 4.39 Å². The predicted octanol–water partition coefficient (Wildman–Crippen LogP) is 2.35. The average molecular weight is 637 g/mol. The van der Waals surface area contributed by atoms with Crippen LogP contribution in [0.3, 0.4) is 0 Å². The molecule has 44 heavy (non-hydrogen) atoms. The maximum absolute atomic E-state index is 15.4. The summed E-state index contributed by atoms with van der Waals surface area (Å²) in [6, 6.07) is 1.77. The van der Waals surface area contributed by atoms with Crippen LogP contribution in [0, 0.1) is 35.2 Å². The highest BCUT2D eigenvalue weighted by atomic mass is 35.5. The molecule has 2 fully saturated rings. The fourth-order valence-corrected chi connectivity index (χ4v) is 5.63. The molecule has 2 aromatic heterocycles. The third-order valence-corrected chi connectivity index (χ3v) is 7.87. The molecule has 0 radical (unpaired) electrons. The number of nitrogens with two attached hydrogens (primary N) is 1. The van der Waals surface area contributed by atoms with Gasteiger partial charge in [0.05, 0.1) is 17.1 Å². The fourth-order valence-electron chi connectivity index (χ4n) is 5.63. The van der Waals surface area contributed by atoms with Crippen LogP contribution in [-0.4, -0.2) is 63.7 Å². The van der Waals surface area contributed by atoms with Crippen LogP contribution in [0.5, 0.6) is 0 Å². The fraction of sp³-hybridized carbons (Fsp3) is 0.414. The molecule has 2 amide bonds. The third kappa shape index (κ3) is 6.22. The Labute approximate surface area is 256 Å². The van der Waals surface area contributed by atoms with Crippen molar-refractivity contribution in [3.8, 4) is 5.69 Å². The second kappa shape index (κ2) is 12.4. The zero-order valence-corrected chi connectivity index (χ0v) is 24.8. The Morgan fingerprint density at radius 1 is 1.07 bits per heavy atom. The zero-order chi connectivity index (χ0) is 31.3. The first-order chi connectivity index (χ1) is 20.3. The molecule has 1 aromatic carbocycles. The Kier molecular flexibility index (Phi) is 9.26. The molecule has 3 heterocycles. The Morgan fingerprint density at radius 3 is 2.30 bits per heavy atom. The number of hydrogen-bond acceptors (Lipinski definition) is 7. The standard InChI is InChI=1S/C29H31F3N6O5.ClH/c1-12(2)6-21(34-27(40)13(3)33)28(41)35-23-16-9-37(10-17(16)23)26-20(32)8-15-24(39)18(29(42)43)11-38(25(15)36-26)22-5-4-14(30)7-19(22)31;/h4-5,7-8,11-13,16-17,21,23H,6,9-10,33H2,1-3H3,(H,34,40)(H,35,41)(H,42,43);1H/t13-,16-,17+,21-,23?;/m0./s1. The number of aromatic nitrogens is 2. The van der Waals surface area contributed by atoms with Crippen LogP contribution in [0.2, 0.25) is 0 Å². The highest BCUT2D eigenvalue weighted by molar-refractivity contribution is 5.93. The summed E-state index contributed by atoms with van der Waals surface area (Å²) in [5.41, 5.74) is 3.42. The van der Waals surface area contributed by atoms with E-state index in [2.05, 4.69) is 15.6 Å². The highest BCUT2D eigenvalue weighted by Crippen LogP contribution is 2.47. The minimum atomic E-state index is -1.60. The Hall–Kier alpha value is -4.17. The molecule has 5 rings (SSSR count). The minimum absolute atomic E-state index is 0. The van der Waals surface area contributed by atoms with Gasteiger partial charge in [0.15, 0.2) is 17.3 Å². The van der Waals surface area contributed by atoms with Crippen LogP contribution in [0.15, 0.2) is 35.3 Å². The number of carbonyl (C=O) groups excluding carboxylic acids is 2. The Balaban J connectivity index is 0.00000442. The Morgan fingerprint density at radius 2 is 1.73 bits per heavy atom. The predicted molar refractivity (Wildman–Crippen MR) is 158 cm³/mol. The zero-order valence-electron chi connectivity index (χ0n) is 24.0. The number of carboxylic acid groups (broad SMARTS) is 1. The summed E-state index contributed by atoms with van der Waals surface area (Å²) in [7, 11) is 0. The second-order valence-electron chi connectivity index (χ2n) is 11.6. The van der Waals surface area contributed by atoms with Crippen LogP contribution in [0.4, 0.5) is 19.0 Å². The molecule has 1 aliphatic carbocycles. The van der Waals surface area contributed by atoms with Gasteiger partial charge in [-0.1, -0.05) is 13.8 Å². The van der Waals surface area contributed by atoms with Crippen molar-refractivity contribution in [3.63, 3.8) is 0 Å². The van der Waals surface area contributed by atoms with Crippen LogP contribution in [0.1, 0.15) is 37.6 Å². The maximum atomic E-state index is 15.4. The highest BCUT2D eigenvalue weighted by Gasteiger charge is 2.57. The minimum Gasteiger partial charge on any atom is -0.477 e. The van der Waals surface area contributed by atoms with Crippen molar-refractivity contribution < 1.29 is 32.7 Å². The van der Waals surface area contributed by atoms with E-state index in [-0.39, 0.29) is 64.6 Å². The van der Waals surface area contributed by atoms with E-state index in [1.807, 2.05) is 13.8 Å². The van der Waals surface area contributed by atoms with Gasteiger partial charge in [-0.3, -0.25) is 19.0 Å².